The third kappa shape index (κ3) is 3.29. The molecule has 1 saturated heterocycles. The molecule has 0 spiro atoms. The Morgan fingerprint density at radius 2 is 1.59 bits per heavy atom. The first kappa shape index (κ1) is 15.0. The molecule has 0 aliphatic carbocycles. The van der Waals surface area contributed by atoms with Crippen molar-refractivity contribution in [3.63, 3.8) is 0 Å². The molecule has 1 aliphatic heterocycles. The summed E-state index contributed by atoms with van der Waals surface area (Å²) in [5.41, 5.74) is 1.96. The van der Waals surface area contributed by atoms with Gasteiger partial charge >= 0.3 is 0 Å². The van der Waals surface area contributed by atoms with E-state index in [1.807, 2.05) is 60.7 Å². The maximum Gasteiger partial charge on any atom is 0.236 e. The topological polar surface area (TPSA) is 37.4 Å². The van der Waals surface area contributed by atoms with Crippen molar-refractivity contribution in [1.82, 2.24) is 4.31 Å². The molecule has 1 fully saturated rings. The van der Waals surface area contributed by atoms with E-state index < -0.39 is 10.0 Å². The maximum atomic E-state index is 12.6. The number of rotatable bonds is 4. The fourth-order valence-electron chi connectivity index (χ4n) is 2.86. The Labute approximate surface area is 132 Å². The monoisotopic (exact) mass is 313 g/mol. The van der Waals surface area contributed by atoms with Crippen molar-refractivity contribution in [2.75, 3.05) is 6.54 Å². The van der Waals surface area contributed by atoms with Crippen LogP contribution < -0.4 is 0 Å². The summed E-state index contributed by atoms with van der Waals surface area (Å²) in [7, 11) is -3.40. The van der Waals surface area contributed by atoms with Gasteiger partial charge in [-0.1, -0.05) is 60.7 Å². The van der Waals surface area contributed by atoms with E-state index >= 15 is 0 Å². The first-order valence-electron chi connectivity index (χ1n) is 7.47. The van der Waals surface area contributed by atoms with E-state index in [1.54, 1.807) is 10.4 Å². The summed E-state index contributed by atoms with van der Waals surface area (Å²) in [6.45, 7) is 0.584. The van der Waals surface area contributed by atoms with Gasteiger partial charge in [-0.3, -0.25) is 0 Å². The second kappa shape index (κ2) is 6.46. The number of benzene rings is 2. The molecule has 0 saturated carbocycles. The predicted octanol–water partition coefficient (Wildman–Crippen LogP) is 3.82. The zero-order valence-electron chi connectivity index (χ0n) is 12.3. The molecule has 1 atom stereocenters. The highest BCUT2D eigenvalue weighted by Crippen LogP contribution is 2.34. The van der Waals surface area contributed by atoms with Crippen LogP contribution in [0.5, 0.6) is 0 Å². The lowest BCUT2D eigenvalue weighted by Crippen LogP contribution is -2.28. The van der Waals surface area contributed by atoms with Gasteiger partial charge in [0.1, 0.15) is 0 Å². The Hall–Kier alpha value is -1.91. The molecule has 0 radical (unpaired) electrons. The predicted molar refractivity (Wildman–Crippen MR) is 89.5 cm³/mol. The lowest BCUT2D eigenvalue weighted by Gasteiger charge is -2.22. The zero-order chi connectivity index (χ0) is 15.4. The number of sulfonamides is 1. The zero-order valence-corrected chi connectivity index (χ0v) is 13.1. The van der Waals surface area contributed by atoms with Crippen LogP contribution in [0, 0.1) is 0 Å². The molecule has 2 aromatic carbocycles. The molecule has 22 heavy (non-hydrogen) atoms. The highest BCUT2D eigenvalue weighted by atomic mass is 32.2. The van der Waals surface area contributed by atoms with Gasteiger partial charge in [-0.05, 0) is 30.0 Å². The smallest absolute Gasteiger partial charge is 0.207 e. The molecule has 3 rings (SSSR count). The summed E-state index contributed by atoms with van der Waals surface area (Å²) in [5, 5.41) is 1.32. The molecule has 0 unspecified atom stereocenters. The van der Waals surface area contributed by atoms with E-state index in [-0.39, 0.29) is 6.04 Å². The van der Waals surface area contributed by atoms with Crippen molar-refractivity contribution in [1.29, 1.82) is 0 Å². The Balaban J connectivity index is 1.84. The van der Waals surface area contributed by atoms with Crippen LogP contribution in [-0.2, 0) is 10.0 Å². The Morgan fingerprint density at radius 3 is 2.27 bits per heavy atom. The molecule has 2 aromatic rings. The van der Waals surface area contributed by atoms with E-state index in [0.717, 1.165) is 24.0 Å². The van der Waals surface area contributed by atoms with Gasteiger partial charge in [-0.25, -0.2) is 8.42 Å². The van der Waals surface area contributed by atoms with Gasteiger partial charge in [0.15, 0.2) is 0 Å². The molecule has 0 amide bonds. The number of hydrogen-bond acceptors (Lipinski definition) is 2. The van der Waals surface area contributed by atoms with Gasteiger partial charge in [0, 0.05) is 12.0 Å². The number of nitrogens with zero attached hydrogens (tertiary/aromatic N) is 1. The molecular formula is C18H19NO2S. The minimum absolute atomic E-state index is 0.0494. The summed E-state index contributed by atoms with van der Waals surface area (Å²) >= 11 is 0. The van der Waals surface area contributed by atoms with Gasteiger partial charge in [-0.15, -0.1) is 0 Å². The molecule has 4 heteroatoms. The Morgan fingerprint density at radius 1 is 0.955 bits per heavy atom. The summed E-state index contributed by atoms with van der Waals surface area (Å²) in [4.78, 5) is 0. The van der Waals surface area contributed by atoms with E-state index in [9.17, 15) is 8.42 Å². The molecule has 3 nitrogen and oxygen atoms in total. The third-order valence-corrected chi connectivity index (χ3v) is 5.52. The minimum Gasteiger partial charge on any atom is -0.207 e. The quantitative estimate of drug-likeness (QED) is 0.860. The van der Waals surface area contributed by atoms with E-state index in [2.05, 4.69) is 0 Å². The Bertz CT molecular complexity index is 739. The lowest BCUT2D eigenvalue weighted by molar-refractivity contribution is 0.403. The van der Waals surface area contributed by atoms with Gasteiger partial charge in [0.05, 0.1) is 6.04 Å². The van der Waals surface area contributed by atoms with Crippen LogP contribution in [0.1, 0.15) is 30.0 Å². The lowest BCUT2D eigenvalue weighted by atomic mass is 10.1. The second-order valence-electron chi connectivity index (χ2n) is 5.44. The highest BCUT2D eigenvalue weighted by molar-refractivity contribution is 7.92. The minimum atomic E-state index is -3.40. The van der Waals surface area contributed by atoms with Crippen molar-refractivity contribution in [2.24, 2.45) is 0 Å². The SMILES string of the molecule is O=S(=O)(/C=C\c1ccccc1)N1CCC[C@H]1c1ccccc1. The van der Waals surface area contributed by atoms with Gasteiger partial charge in [-0.2, -0.15) is 4.31 Å². The summed E-state index contributed by atoms with van der Waals surface area (Å²) < 4.78 is 26.9. The molecule has 0 bridgehead atoms. The Kier molecular flexibility index (Phi) is 4.41. The summed E-state index contributed by atoms with van der Waals surface area (Å²) in [6.07, 6.45) is 3.44. The van der Waals surface area contributed by atoms with Gasteiger partial charge < -0.3 is 0 Å². The summed E-state index contributed by atoms with van der Waals surface area (Å²) in [5.74, 6) is 0. The van der Waals surface area contributed by atoms with Crippen LogP contribution in [0.25, 0.3) is 6.08 Å². The van der Waals surface area contributed by atoms with Crippen molar-refractivity contribution in [3.05, 3.63) is 77.2 Å². The van der Waals surface area contributed by atoms with Crippen LogP contribution in [0.2, 0.25) is 0 Å². The molecule has 0 aromatic heterocycles. The van der Waals surface area contributed by atoms with Crippen LogP contribution in [0.3, 0.4) is 0 Å². The number of hydrogen-bond donors (Lipinski definition) is 0. The standard InChI is InChI=1S/C18H19NO2S/c20-22(21,15-13-16-8-3-1-4-9-16)19-14-7-12-18(19)17-10-5-2-6-11-17/h1-6,8-11,13,15,18H,7,12,14H2/b15-13-/t18-/m0/s1. The average molecular weight is 313 g/mol. The third-order valence-electron chi connectivity index (χ3n) is 3.95. The van der Waals surface area contributed by atoms with Gasteiger partial charge in [0.25, 0.3) is 0 Å². The fourth-order valence-corrected chi connectivity index (χ4v) is 4.31. The molecule has 0 N–H and O–H groups in total. The average Bonchev–Trinajstić information content (AvgIpc) is 3.06. The van der Waals surface area contributed by atoms with Crippen LogP contribution in [0.15, 0.2) is 66.1 Å². The van der Waals surface area contributed by atoms with Crippen LogP contribution in [0.4, 0.5) is 0 Å². The normalized spacial score (nSPS) is 19.7. The molecule has 1 heterocycles. The molecule has 1 aliphatic rings. The summed E-state index contributed by atoms with van der Waals surface area (Å²) in [6, 6.07) is 19.3. The first-order chi connectivity index (χ1) is 10.7. The molecular weight excluding hydrogens is 294 g/mol. The van der Waals surface area contributed by atoms with Crippen molar-refractivity contribution >= 4 is 16.1 Å². The van der Waals surface area contributed by atoms with E-state index in [1.165, 1.54) is 5.41 Å². The maximum absolute atomic E-state index is 12.6. The van der Waals surface area contributed by atoms with Gasteiger partial charge in [0.2, 0.25) is 10.0 Å². The largest absolute Gasteiger partial charge is 0.236 e. The van der Waals surface area contributed by atoms with Crippen molar-refractivity contribution in [3.8, 4) is 0 Å². The van der Waals surface area contributed by atoms with E-state index in [0.29, 0.717) is 6.54 Å². The second-order valence-corrected chi connectivity index (χ2v) is 7.21. The highest BCUT2D eigenvalue weighted by Gasteiger charge is 2.33. The first-order valence-corrected chi connectivity index (χ1v) is 8.97. The van der Waals surface area contributed by atoms with Crippen LogP contribution >= 0.6 is 0 Å². The molecule has 114 valence electrons. The van der Waals surface area contributed by atoms with Crippen molar-refractivity contribution in [2.45, 2.75) is 18.9 Å². The fraction of sp³-hybridized carbons (Fsp3) is 0.222. The van der Waals surface area contributed by atoms with E-state index in [4.69, 9.17) is 0 Å². The van der Waals surface area contributed by atoms with Crippen molar-refractivity contribution < 1.29 is 8.42 Å². The van der Waals surface area contributed by atoms with Crippen LogP contribution in [-0.4, -0.2) is 19.3 Å².